The lowest BCUT2D eigenvalue weighted by molar-refractivity contribution is -0.127. The third-order valence-corrected chi connectivity index (χ3v) is 5.60. The van der Waals surface area contributed by atoms with E-state index in [4.69, 9.17) is 0 Å². The van der Waals surface area contributed by atoms with Gasteiger partial charge in [-0.15, -0.1) is 12.4 Å². The first kappa shape index (κ1) is 20.6. The van der Waals surface area contributed by atoms with Crippen LogP contribution < -0.4 is 11.0 Å². The van der Waals surface area contributed by atoms with E-state index in [-0.39, 0.29) is 24.0 Å². The molecule has 1 aromatic heterocycles. The third kappa shape index (κ3) is 4.47. The van der Waals surface area contributed by atoms with Crippen molar-refractivity contribution in [1.29, 1.82) is 0 Å². The number of likely N-dealkylation sites (tertiary alicyclic amines) is 1. The number of carbonyl (C=O) groups is 1. The molecule has 4 rings (SSSR count). The van der Waals surface area contributed by atoms with E-state index in [2.05, 4.69) is 10.4 Å². The summed E-state index contributed by atoms with van der Waals surface area (Å²) in [4.78, 5) is 26.7. The second kappa shape index (κ2) is 9.39. The molecule has 1 amide bonds. The maximum absolute atomic E-state index is 13.1. The number of amides is 1. The molecule has 3 heterocycles. The molecule has 0 unspecified atom stereocenters. The highest BCUT2D eigenvalue weighted by molar-refractivity contribution is 5.85. The van der Waals surface area contributed by atoms with Crippen molar-refractivity contribution in [3.05, 3.63) is 46.6 Å². The number of hydrogen-bond acceptors (Lipinski definition) is 4. The van der Waals surface area contributed by atoms with Gasteiger partial charge in [0.05, 0.1) is 12.2 Å². The summed E-state index contributed by atoms with van der Waals surface area (Å²) in [7, 11) is 0. The summed E-state index contributed by atoms with van der Waals surface area (Å²) < 4.78 is 3.28. The molecule has 0 atom stereocenters. The van der Waals surface area contributed by atoms with Gasteiger partial charge >= 0.3 is 5.69 Å². The average molecular weight is 406 g/mol. The maximum Gasteiger partial charge on any atom is 0.350 e. The van der Waals surface area contributed by atoms with E-state index < -0.39 is 0 Å². The van der Waals surface area contributed by atoms with Crippen molar-refractivity contribution < 1.29 is 4.79 Å². The topological polar surface area (TPSA) is 72.2 Å². The van der Waals surface area contributed by atoms with E-state index in [0.29, 0.717) is 25.4 Å². The zero-order valence-corrected chi connectivity index (χ0v) is 16.9. The molecule has 7 nitrogen and oxygen atoms in total. The van der Waals surface area contributed by atoms with Gasteiger partial charge in [-0.25, -0.2) is 14.0 Å². The minimum Gasteiger partial charge on any atom is -0.341 e. The van der Waals surface area contributed by atoms with Crippen LogP contribution in [0.4, 0.5) is 0 Å². The fourth-order valence-electron chi connectivity index (χ4n) is 4.07. The molecule has 1 N–H and O–H groups in total. The Balaban J connectivity index is 0.00000225. The molecule has 2 aromatic rings. The Morgan fingerprint density at radius 3 is 2.50 bits per heavy atom. The molecular formula is C20H28ClN5O2. The highest BCUT2D eigenvalue weighted by atomic mass is 35.5. The summed E-state index contributed by atoms with van der Waals surface area (Å²) in [6.07, 6.45) is 4.55. The number of para-hydroxylation sites is 1. The van der Waals surface area contributed by atoms with Gasteiger partial charge in [0.1, 0.15) is 5.82 Å². The molecular weight excluding hydrogens is 378 g/mol. The summed E-state index contributed by atoms with van der Waals surface area (Å²) in [6, 6.07) is 9.73. The lowest BCUT2D eigenvalue weighted by atomic mass is 9.94. The summed E-state index contributed by atoms with van der Waals surface area (Å²) >= 11 is 0. The van der Waals surface area contributed by atoms with Crippen LogP contribution in [0.1, 0.15) is 31.5 Å². The summed E-state index contributed by atoms with van der Waals surface area (Å²) in [6.45, 7) is 3.84. The van der Waals surface area contributed by atoms with Crippen LogP contribution in [0.3, 0.4) is 0 Å². The Hall–Kier alpha value is -2.12. The van der Waals surface area contributed by atoms with Crippen molar-refractivity contribution in [3.63, 3.8) is 0 Å². The van der Waals surface area contributed by atoms with Gasteiger partial charge in [-0.1, -0.05) is 18.2 Å². The number of piperidine rings is 1. The molecule has 0 saturated carbocycles. The Morgan fingerprint density at radius 1 is 1.07 bits per heavy atom. The molecule has 0 spiro atoms. The number of nitrogens with zero attached hydrogens (tertiary/aromatic N) is 4. The van der Waals surface area contributed by atoms with Gasteiger partial charge < -0.3 is 10.2 Å². The lowest BCUT2D eigenvalue weighted by Gasteiger charge is -2.22. The Labute approximate surface area is 171 Å². The number of hydrogen-bond donors (Lipinski definition) is 1. The third-order valence-electron chi connectivity index (χ3n) is 5.60. The van der Waals surface area contributed by atoms with E-state index in [1.54, 1.807) is 4.57 Å². The highest BCUT2D eigenvalue weighted by Gasteiger charge is 2.23. The normalized spacial score (nSPS) is 17.7. The average Bonchev–Trinajstić information content (AvgIpc) is 3.24. The van der Waals surface area contributed by atoms with Crippen molar-refractivity contribution in [2.45, 2.75) is 38.6 Å². The first-order chi connectivity index (χ1) is 13.2. The van der Waals surface area contributed by atoms with Crippen molar-refractivity contribution in [2.75, 3.05) is 26.2 Å². The molecule has 0 aliphatic carbocycles. The van der Waals surface area contributed by atoms with Gasteiger partial charge in [-0.3, -0.25) is 4.79 Å². The largest absolute Gasteiger partial charge is 0.350 e. The van der Waals surface area contributed by atoms with Crippen molar-refractivity contribution in [1.82, 2.24) is 24.6 Å². The van der Waals surface area contributed by atoms with Crippen LogP contribution in [0.5, 0.6) is 0 Å². The van der Waals surface area contributed by atoms with Gasteiger partial charge in [0, 0.05) is 25.9 Å². The molecule has 1 aromatic carbocycles. The molecule has 28 heavy (non-hydrogen) atoms. The second-order valence-electron chi connectivity index (χ2n) is 7.47. The molecule has 152 valence electrons. The van der Waals surface area contributed by atoms with E-state index in [1.807, 2.05) is 35.2 Å². The Bertz CT molecular complexity index is 842. The van der Waals surface area contributed by atoms with Crippen molar-refractivity contribution >= 4 is 18.3 Å². The minimum atomic E-state index is -0.114. The van der Waals surface area contributed by atoms with Crippen LogP contribution in [-0.2, 0) is 17.8 Å². The summed E-state index contributed by atoms with van der Waals surface area (Å²) in [5, 5.41) is 8.06. The number of aromatic nitrogens is 3. The molecule has 2 aliphatic heterocycles. The second-order valence-corrected chi connectivity index (χ2v) is 7.47. The number of rotatable bonds is 6. The van der Waals surface area contributed by atoms with Crippen LogP contribution in [0, 0.1) is 5.92 Å². The van der Waals surface area contributed by atoms with Crippen LogP contribution >= 0.6 is 12.4 Å². The minimum absolute atomic E-state index is 0. The van der Waals surface area contributed by atoms with Crippen molar-refractivity contribution in [3.8, 4) is 5.69 Å². The SMILES string of the molecule is Cl.O=C1CCCN1CCn1nc(CC2CCNCC2)n(-c2ccccc2)c1=O. The van der Waals surface area contributed by atoms with Crippen LogP contribution in [-0.4, -0.2) is 51.3 Å². The van der Waals surface area contributed by atoms with E-state index in [0.717, 1.165) is 56.8 Å². The van der Waals surface area contributed by atoms with Gasteiger partial charge in [0.15, 0.2) is 0 Å². The number of halogens is 1. The summed E-state index contributed by atoms with van der Waals surface area (Å²) in [5.41, 5.74) is 0.742. The lowest BCUT2D eigenvalue weighted by Crippen LogP contribution is -2.32. The van der Waals surface area contributed by atoms with Gasteiger partial charge in [-0.2, -0.15) is 5.10 Å². The van der Waals surface area contributed by atoms with E-state index >= 15 is 0 Å². The fourth-order valence-corrected chi connectivity index (χ4v) is 4.07. The summed E-state index contributed by atoms with van der Waals surface area (Å²) in [5.74, 6) is 1.55. The van der Waals surface area contributed by atoms with Crippen molar-refractivity contribution in [2.24, 2.45) is 5.92 Å². The predicted molar refractivity (Wildman–Crippen MR) is 110 cm³/mol. The molecule has 2 aliphatic rings. The zero-order valence-electron chi connectivity index (χ0n) is 16.0. The molecule has 0 radical (unpaired) electrons. The van der Waals surface area contributed by atoms with E-state index in [1.165, 1.54) is 4.68 Å². The van der Waals surface area contributed by atoms with Gasteiger partial charge in [-0.05, 0) is 50.4 Å². The highest BCUT2D eigenvalue weighted by Crippen LogP contribution is 2.18. The standard InChI is InChI=1S/C20H27N5O2.ClH/c26-19-7-4-12-23(19)13-14-24-20(27)25(17-5-2-1-3-6-17)18(22-24)15-16-8-10-21-11-9-16;/h1-3,5-6,16,21H,4,7-15H2;1H. The van der Waals surface area contributed by atoms with Gasteiger partial charge in [0.25, 0.3) is 0 Å². The maximum atomic E-state index is 13.1. The predicted octanol–water partition coefficient (Wildman–Crippen LogP) is 1.62. The van der Waals surface area contributed by atoms with Crippen LogP contribution in [0.25, 0.3) is 5.69 Å². The first-order valence-electron chi connectivity index (χ1n) is 9.95. The first-order valence-corrected chi connectivity index (χ1v) is 9.95. The number of nitrogens with one attached hydrogen (secondary N) is 1. The Kier molecular flexibility index (Phi) is 6.91. The molecule has 0 bridgehead atoms. The quantitative estimate of drug-likeness (QED) is 0.792. The Morgan fingerprint density at radius 2 is 1.82 bits per heavy atom. The smallest absolute Gasteiger partial charge is 0.341 e. The molecule has 2 fully saturated rings. The fraction of sp³-hybridized carbons (Fsp3) is 0.550. The van der Waals surface area contributed by atoms with Crippen LogP contribution in [0.2, 0.25) is 0 Å². The molecule has 8 heteroatoms. The van der Waals surface area contributed by atoms with E-state index in [9.17, 15) is 9.59 Å². The monoisotopic (exact) mass is 405 g/mol. The number of benzene rings is 1. The molecule has 2 saturated heterocycles. The number of carbonyl (C=O) groups excluding carboxylic acids is 1. The van der Waals surface area contributed by atoms with Gasteiger partial charge in [0.2, 0.25) is 5.91 Å². The zero-order chi connectivity index (χ0) is 18.6. The van der Waals surface area contributed by atoms with Crippen LogP contribution in [0.15, 0.2) is 35.1 Å².